The summed E-state index contributed by atoms with van der Waals surface area (Å²) in [5.41, 5.74) is 8.53. The third kappa shape index (κ3) is 3.30. The van der Waals surface area contributed by atoms with Gasteiger partial charge in [-0.3, -0.25) is 0 Å². The lowest BCUT2D eigenvalue weighted by atomic mass is 10.1. The van der Waals surface area contributed by atoms with Crippen LogP contribution in [0.15, 0.2) is 30.5 Å². The molecule has 2 N–H and O–H groups in total. The lowest BCUT2D eigenvalue weighted by molar-refractivity contribution is -0.0212. The summed E-state index contributed by atoms with van der Waals surface area (Å²) in [6.07, 6.45) is 5.74. The van der Waals surface area contributed by atoms with E-state index in [1.54, 1.807) is 0 Å². The van der Waals surface area contributed by atoms with Crippen LogP contribution in [0.5, 0.6) is 0 Å². The molecule has 0 saturated carbocycles. The van der Waals surface area contributed by atoms with Crippen molar-refractivity contribution in [2.24, 2.45) is 5.73 Å². The van der Waals surface area contributed by atoms with Crippen LogP contribution < -0.4 is 5.73 Å². The highest BCUT2D eigenvalue weighted by atomic mass is 16.5. The fourth-order valence-corrected chi connectivity index (χ4v) is 3.33. The Kier molecular flexibility index (Phi) is 3.80. The highest BCUT2D eigenvalue weighted by Crippen LogP contribution is 2.31. The minimum absolute atomic E-state index is 0.0397. The van der Waals surface area contributed by atoms with Gasteiger partial charge in [0.2, 0.25) is 0 Å². The number of nitrogens with zero attached hydrogens (tertiary/aromatic N) is 1. The van der Waals surface area contributed by atoms with Crippen LogP contribution in [0.1, 0.15) is 39.2 Å². The molecule has 2 aromatic rings. The summed E-state index contributed by atoms with van der Waals surface area (Å²) >= 11 is 0. The van der Waals surface area contributed by atoms with Crippen molar-refractivity contribution in [2.45, 2.75) is 64.3 Å². The van der Waals surface area contributed by atoms with Crippen molar-refractivity contribution < 1.29 is 4.74 Å². The van der Waals surface area contributed by atoms with Crippen LogP contribution in [0, 0.1) is 0 Å². The number of nitrogens with two attached hydrogens (primary N) is 1. The second-order valence-electron chi connectivity index (χ2n) is 7.08. The molecule has 0 spiro atoms. The average molecular weight is 286 g/mol. The molecule has 0 radical (unpaired) electrons. The first-order chi connectivity index (χ1) is 9.93. The minimum Gasteiger partial charge on any atom is -0.370 e. The van der Waals surface area contributed by atoms with Gasteiger partial charge in [0, 0.05) is 24.3 Å². The fraction of sp³-hybridized carbons (Fsp3) is 0.556. The number of ether oxygens (including phenoxy) is 1. The normalized spacial score (nSPS) is 22.8. The fourth-order valence-electron chi connectivity index (χ4n) is 3.33. The number of hydrogen-bond donors (Lipinski definition) is 1. The van der Waals surface area contributed by atoms with E-state index < -0.39 is 0 Å². The topological polar surface area (TPSA) is 40.2 Å². The zero-order chi connectivity index (χ0) is 15.0. The maximum atomic E-state index is 6.11. The van der Waals surface area contributed by atoms with Crippen LogP contribution >= 0.6 is 0 Å². The molecule has 21 heavy (non-hydrogen) atoms. The van der Waals surface area contributed by atoms with E-state index >= 15 is 0 Å². The molecule has 0 aliphatic carbocycles. The van der Waals surface area contributed by atoms with E-state index in [4.69, 9.17) is 10.5 Å². The van der Waals surface area contributed by atoms with Gasteiger partial charge in [-0.25, -0.2) is 0 Å². The van der Waals surface area contributed by atoms with E-state index in [1.807, 2.05) is 0 Å². The molecule has 2 unspecified atom stereocenters. The van der Waals surface area contributed by atoms with Crippen LogP contribution in [0.25, 0.3) is 10.9 Å². The summed E-state index contributed by atoms with van der Waals surface area (Å²) in [5, 5.41) is 1.30. The summed E-state index contributed by atoms with van der Waals surface area (Å²) in [6.45, 7) is 7.36. The Morgan fingerprint density at radius 2 is 2.19 bits per heavy atom. The van der Waals surface area contributed by atoms with Crippen LogP contribution in [-0.4, -0.2) is 22.3 Å². The molecule has 1 saturated heterocycles. The number of rotatable bonds is 4. The average Bonchev–Trinajstić information content (AvgIpc) is 2.93. The zero-order valence-electron chi connectivity index (χ0n) is 13.3. The van der Waals surface area contributed by atoms with Gasteiger partial charge in [-0.15, -0.1) is 0 Å². The van der Waals surface area contributed by atoms with E-state index in [2.05, 4.69) is 55.8 Å². The maximum absolute atomic E-state index is 6.11. The number of fused-ring (bicyclic) bond motifs is 1. The Bertz CT molecular complexity index is 627. The molecular weight excluding hydrogens is 260 g/mol. The zero-order valence-corrected chi connectivity index (χ0v) is 13.3. The summed E-state index contributed by atoms with van der Waals surface area (Å²) in [4.78, 5) is 0. The molecule has 2 heterocycles. The van der Waals surface area contributed by atoms with Gasteiger partial charge in [0.1, 0.15) is 0 Å². The van der Waals surface area contributed by atoms with Gasteiger partial charge >= 0.3 is 0 Å². The van der Waals surface area contributed by atoms with Crippen molar-refractivity contribution in [3.05, 3.63) is 36.0 Å². The van der Waals surface area contributed by atoms with Gasteiger partial charge in [-0.05, 0) is 69.2 Å². The SMILES string of the molecule is CC(N)Cc1ccc2c(ccn2CC2CCC(C)(C)O2)c1. The Morgan fingerprint density at radius 1 is 1.38 bits per heavy atom. The smallest absolute Gasteiger partial charge is 0.0762 e. The van der Waals surface area contributed by atoms with Crippen LogP contribution in [0.2, 0.25) is 0 Å². The van der Waals surface area contributed by atoms with Crippen molar-refractivity contribution >= 4 is 10.9 Å². The molecular formula is C18H26N2O. The first-order valence-corrected chi connectivity index (χ1v) is 7.94. The van der Waals surface area contributed by atoms with Gasteiger partial charge in [0.15, 0.2) is 0 Å². The maximum Gasteiger partial charge on any atom is 0.0762 e. The van der Waals surface area contributed by atoms with Crippen LogP contribution in [0.3, 0.4) is 0 Å². The molecule has 0 amide bonds. The molecule has 2 atom stereocenters. The molecule has 1 aromatic heterocycles. The van der Waals surface area contributed by atoms with Gasteiger partial charge < -0.3 is 15.0 Å². The lowest BCUT2D eigenvalue weighted by Crippen LogP contribution is -2.22. The minimum atomic E-state index is 0.0397. The van der Waals surface area contributed by atoms with Gasteiger partial charge in [0.25, 0.3) is 0 Å². The predicted molar refractivity (Wildman–Crippen MR) is 87.5 cm³/mol. The second kappa shape index (κ2) is 5.47. The molecule has 1 aliphatic heterocycles. The van der Waals surface area contributed by atoms with E-state index in [9.17, 15) is 0 Å². The quantitative estimate of drug-likeness (QED) is 0.934. The van der Waals surface area contributed by atoms with Crippen molar-refractivity contribution in [1.29, 1.82) is 0 Å². The predicted octanol–water partition coefficient (Wildman–Crippen LogP) is 3.49. The number of benzene rings is 1. The van der Waals surface area contributed by atoms with Gasteiger partial charge in [0.05, 0.1) is 11.7 Å². The number of aromatic nitrogens is 1. The summed E-state index contributed by atoms with van der Waals surface area (Å²) in [5.74, 6) is 0. The van der Waals surface area contributed by atoms with E-state index in [-0.39, 0.29) is 11.6 Å². The highest BCUT2D eigenvalue weighted by Gasteiger charge is 2.31. The van der Waals surface area contributed by atoms with Crippen LogP contribution in [0.4, 0.5) is 0 Å². The van der Waals surface area contributed by atoms with Crippen LogP contribution in [-0.2, 0) is 17.7 Å². The second-order valence-corrected chi connectivity index (χ2v) is 7.08. The standard InChI is InChI=1S/C18H26N2O/c1-13(19)10-14-4-5-17-15(11-14)7-9-20(17)12-16-6-8-18(2,3)21-16/h4-5,7,9,11,13,16H,6,8,10,12,19H2,1-3H3. The Morgan fingerprint density at radius 3 is 2.86 bits per heavy atom. The Labute approximate surface area is 127 Å². The van der Waals surface area contributed by atoms with E-state index in [0.29, 0.717) is 6.10 Å². The van der Waals surface area contributed by atoms with E-state index in [0.717, 1.165) is 25.8 Å². The number of hydrogen-bond acceptors (Lipinski definition) is 2. The first kappa shape index (κ1) is 14.6. The third-order valence-corrected chi connectivity index (χ3v) is 4.35. The van der Waals surface area contributed by atoms with Crippen molar-refractivity contribution in [2.75, 3.05) is 0 Å². The highest BCUT2D eigenvalue weighted by molar-refractivity contribution is 5.80. The summed E-state index contributed by atoms with van der Waals surface area (Å²) < 4.78 is 8.43. The Hall–Kier alpha value is -1.32. The summed E-state index contributed by atoms with van der Waals surface area (Å²) in [6, 6.07) is 9.07. The first-order valence-electron chi connectivity index (χ1n) is 7.94. The monoisotopic (exact) mass is 286 g/mol. The summed E-state index contributed by atoms with van der Waals surface area (Å²) in [7, 11) is 0. The molecule has 1 fully saturated rings. The molecule has 114 valence electrons. The lowest BCUT2D eigenvalue weighted by Gasteiger charge is -2.20. The molecule has 0 bridgehead atoms. The Balaban J connectivity index is 1.78. The van der Waals surface area contributed by atoms with Crippen molar-refractivity contribution in [3.8, 4) is 0 Å². The molecule has 3 nitrogen and oxygen atoms in total. The molecule has 3 heteroatoms. The van der Waals surface area contributed by atoms with Gasteiger partial charge in [-0.1, -0.05) is 6.07 Å². The van der Waals surface area contributed by atoms with Gasteiger partial charge in [-0.2, -0.15) is 0 Å². The van der Waals surface area contributed by atoms with Crippen molar-refractivity contribution in [3.63, 3.8) is 0 Å². The molecule has 1 aliphatic rings. The molecule has 1 aromatic carbocycles. The van der Waals surface area contributed by atoms with Crippen molar-refractivity contribution in [1.82, 2.24) is 4.57 Å². The third-order valence-electron chi connectivity index (χ3n) is 4.35. The molecule has 3 rings (SSSR count). The van der Waals surface area contributed by atoms with E-state index in [1.165, 1.54) is 16.5 Å². The largest absolute Gasteiger partial charge is 0.370 e.